The van der Waals surface area contributed by atoms with Gasteiger partial charge in [0, 0.05) is 18.7 Å². The van der Waals surface area contributed by atoms with E-state index in [2.05, 4.69) is 35.7 Å². The number of anilines is 1. The number of hydrogen-bond acceptors (Lipinski definition) is 2. The lowest BCUT2D eigenvalue weighted by Gasteiger charge is -2.34. The number of aryl methyl sites for hydroxylation is 1. The molecule has 108 valence electrons. The third-order valence-electron chi connectivity index (χ3n) is 4.91. The van der Waals surface area contributed by atoms with Crippen molar-refractivity contribution in [3.8, 4) is 0 Å². The van der Waals surface area contributed by atoms with Gasteiger partial charge in [0.1, 0.15) is 0 Å². The molecule has 0 radical (unpaired) electrons. The van der Waals surface area contributed by atoms with E-state index in [0.717, 1.165) is 30.8 Å². The van der Waals surface area contributed by atoms with E-state index in [0.29, 0.717) is 12.3 Å². The van der Waals surface area contributed by atoms with Crippen molar-refractivity contribution in [2.75, 3.05) is 17.2 Å². The number of benzene rings is 1. The van der Waals surface area contributed by atoms with E-state index >= 15 is 0 Å². The molecule has 0 bridgehead atoms. The molecule has 0 spiro atoms. The van der Waals surface area contributed by atoms with Crippen molar-refractivity contribution >= 4 is 24.2 Å². The topological polar surface area (TPSA) is 20.3 Å². The first-order valence-electron chi connectivity index (χ1n) is 7.73. The normalized spacial score (nSPS) is 21.6. The molecule has 1 fully saturated rings. The van der Waals surface area contributed by atoms with Crippen LogP contribution in [0.15, 0.2) is 24.3 Å². The Bertz CT molecular complexity index is 494. The van der Waals surface area contributed by atoms with Crippen LogP contribution in [0.2, 0.25) is 0 Å². The molecule has 0 N–H and O–H groups in total. The zero-order valence-electron chi connectivity index (χ0n) is 12.0. The molecule has 3 rings (SSSR count). The fourth-order valence-corrected chi connectivity index (χ4v) is 4.10. The smallest absolute Gasteiger partial charge is 0.227 e. The number of carbonyl (C=O) groups excluding carboxylic acids is 1. The first-order valence-corrected chi connectivity index (χ1v) is 8.36. The molecule has 1 aromatic carbocycles. The molecule has 0 unspecified atom stereocenters. The van der Waals surface area contributed by atoms with Crippen LogP contribution in [0, 0.1) is 5.41 Å². The molecule has 2 aliphatic rings. The molecule has 1 aliphatic heterocycles. The second-order valence-corrected chi connectivity index (χ2v) is 6.64. The third-order valence-corrected chi connectivity index (χ3v) is 5.58. The number of amides is 1. The SMILES string of the molecule is O=C1CCCc2ccccc2N1CC1(CS)CCCC1. The Balaban J connectivity index is 1.92. The van der Waals surface area contributed by atoms with Gasteiger partial charge in [-0.1, -0.05) is 31.0 Å². The zero-order chi connectivity index (χ0) is 14.0. The van der Waals surface area contributed by atoms with Crippen molar-refractivity contribution in [1.82, 2.24) is 0 Å². The molecule has 0 saturated heterocycles. The predicted molar refractivity (Wildman–Crippen MR) is 86.5 cm³/mol. The highest BCUT2D eigenvalue weighted by Crippen LogP contribution is 2.41. The van der Waals surface area contributed by atoms with Gasteiger partial charge in [0.15, 0.2) is 0 Å². The average molecular weight is 289 g/mol. The lowest BCUT2D eigenvalue weighted by molar-refractivity contribution is -0.118. The fraction of sp³-hybridized carbons (Fsp3) is 0.588. The summed E-state index contributed by atoms with van der Waals surface area (Å²) >= 11 is 4.59. The number of thiol groups is 1. The van der Waals surface area contributed by atoms with Crippen LogP contribution < -0.4 is 4.90 Å². The molecule has 1 amide bonds. The van der Waals surface area contributed by atoms with Crippen molar-refractivity contribution in [1.29, 1.82) is 0 Å². The zero-order valence-corrected chi connectivity index (χ0v) is 12.9. The summed E-state index contributed by atoms with van der Waals surface area (Å²) in [6, 6.07) is 8.41. The summed E-state index contributed by atoms with van der Waals surface area (Å²) in [5, 5.41) is 0. The number of carbonyl (C=O) groups is 1. The maximum atomic E-state index is 12.5. The van der Waals surface area contributed by atoms with Crippen molar-refractivity contribution < 1.29 is 4.79 Å². The summed E-state index contributed by atoms with van der Waals surface area (Å²) in [4.78, 5) is 14.6. The molecule has 2 nitrogen and oxygen atoms in total. The highest BCUT2D eigenvalue weighted by atomic mass is 32.1. The molecule has 0 aromatic heterocycles. The Morgan fingerprint density at radius 2 is 1.85 bits per heavy atom. The van der Waals surface area contributed by atoms with Crippen LogP contribution >= 0.6 is 12.6 Å². The van der Waals surface area contributed by atoms with Crippen LogP contribution in [-0.2, 0) is 11.2 Å². The minimum absolute atomic E-state index is 0.232. The minimum Gasteiger partial charge on any atom is -0.312 e. The van der Waals surface area contributed by atoms with Crippen LogP contribution in [-0.4, -0.2) is 18.2 Å². The lowest BCUT2D eigenvalue weighted by atomic mass is 9.87. The second kappa shape index (κ2) is 5.80. The molecule has 0 atom stereocenters. The van der Waals surface area contributed by atoms with Crippen LogP contribution in [0.3, 0.4) is 0 Å². The monoisotopic (exact) mass is 289 g/mol. The Labute approximate surface area is 127 Å². The average Bonchev–Trinajstić information content (AvgIpc) is 2.88. The van der Waals surface area contributed by atoms with Crippen LogP contribution in [0.4, 0.5) is 5.69 Å². The summed E-state index contributed by atoms with van der Waals surface area (Å²) in [6.45, 7) is 0.854. The Kier molecular flexibility index (Phi) is 4.06. The molecular weight excluding hydrogens is 266 g/mol. The Hall–Kier alpha value is -0.960. The van der Waals surface area contributed by atoms with Gasteiger partial charge >= 0.3 is 0 Å². The van der Waals surface area contributed by atoms with E-state index < -0.39 is 0 Å². The van der Waals surface area contributed by atoms with Gasteiger partial charge in [-0.3, -0.25) is 4.79 Å². The third kappa shape index (κ3) is 2.60. The highest BCUT2D eigenvalue weighted by Gasteiger charge is 2.37. The molecule has 20 heavy (non-hydrogen) atoms. The van der Waals surface area contributed by atoms with Crippen molar-refractivity contribution in [3.63, 3.8) is 0 Å². The lowest BCUT2D eigenvalue weighted by Crippen LogP contribution is -2.41. The number of nitrogens with zero attached hydrogens (tertiary/aromatic N) is 1. The molecule has 1 saturated carbocycles. The van der Waals surface area contributed by atoms with Crippen LogP contribution in [0.1, 0.15) is 44.1 Å². The van der Waals surface area contributed by atoms with Crippen molar-refractivity contribution in [2.45, 2.75) is 44.9 Å². The first kappa shape index (κ1) is 14.0. The van der Waals surface area contributed by atoms with Gasteiger partial charge in [-0.05, 0) is 48.5 Å². The van der Waals surface area contributed by atoms with Gasteiger partial charge in [0.25, 0.3) is 0 Å². The Morgan fingerprint density at radius 1 is 1.10 bits per heavy atom. The van der Waals surface area contributed by atoms with Gasteiger partial charge in [0.05, 0.1) is 0 Å². The summed E-state index contributed by atoms with van der Waals surface area (Å²) in [6.07, 6.45) is 7.66. The van der Waals surface area contributed by atoms with Gasteiger partial charge in [-0.2, -0.15) is 12.6 Å². The fourth-order valence-electron chi connectivity index (χ4n) is 3.68. The second-order valence-electron chi connectivity index (χ2n) is 6.33. The minimum atomic E-state index is 0.232. The maximum Gasteiger partial charge on any atom is 0.227 e. The predicted octanol–water partition coefficient (Wildman–Crippen LogP) is 3.85. The largest absolute Gasteiger partial charge is 0.312 e. The van der Waals surface area contributed by atoms with E-state index in [-0.39, 0.29) is 5.41 Å². The van der Waals surface area contributed by atoms with Crippen LogP contribution in [0.25, 0.3) is 0 Å². The van der Waals surface area contributed by atoms with Gasteiger partial charge in [0.2, 0.25) is 5.91 Å². The van der Waals surface area contributed by atoms with Gasteiger partial charge in [-0.15, -0.1) is 0 Å². The summed E-state index contributed by atoms with van der Waals surface area (Å²) in [5.41, 5.74) is 2.70. The quantitative estimate of drug-likeness (QED) is 0.838. The first-order chi connectivity index (χ1) is 9.74. The number of para-hydroxylation sites is 1. The number of fused-ring (bicyclic) bond motifs is 1. The molecule has 1 aliphatic carbocycles. The Morgan fingerprint density at radius 3 is 2.60 bits per heavy atom. The maximum absolute atomic E-state index is 12.5. The van der Waals surface area contributed by atoms with E-state index in [1.165, 1.54) is 31.2 Å². The molecular formula is C17H23NOS. The van der Waals surface area contributed by atoms with Gasteiger partial charge < -0.3 is 4.90 Å². The summed E-state index contributed by atoms with van der Waals surface area (Å²) in [7, 11) is 0. The van der Waals surface area contributed by atoms with E-state index in [1.807, 2.05) is 6.07 Å². The molecule has 1 aromatic rings. The van der Waals surface area contributed by atoms with Crippen LogP contribution in [0.5, 0.6) is 0 Å². The number of rotatable bonds is 3. The van der Waals surface area contributed by atoms with Crippen molar-refractivity contribution in [3.05, 3.63) is 29.8 Å². The highest BCUT2D eigenvalue weighted by molar-refractivity contribution is 7.80. The number of hydrogen-bond donors (Lipinski definition) is 1. The van der Waals surface area contributed by atoms with Gasteiger partial charge in [-0.25, -0.2) is 0 Å². The van der Waals surface area contributed by atoms with E-state index in [1.54, 1.807) is 0 Å². The standard InChI is InChI=1S/C17H23NOS/c19-16-9-5-7-14-6-1-2-8-15(14)18(16)12-17(13-20)10-3-4-11-17/h1-2,6,8,20H,3-5,7,9-13H2. The van der Waals surface area contributed by atoms with E-state index in [4.69, 9.17) is 0 Å². The summed E-state index contributed by atoms with van der Waals surface area (Å²) in [5.74, 6) is 1.18. The van der Waals surface area contributed by atoms with E-state index in [9.17, 15) is 4.79 Å². The van der Waals surface area contributed by atoms with Crippen molar-refractivity contribution in [2.24, 2.45) is 5.41 Å². The molecule has 3 heteroatoms. The summed E-state index contributed by atoms with van der Waals surface area (Å²) < 4.78 is 0. The molecule has 1 heterocycles.